The van der Waals surface area contributed by atoms with Gasteiger partial charge in [-0.05, 0) is 42.0 Å². The van der Waals surface area contributed by atoms with Crippen LogP contribution in [0.25, 0.3) is 10.9 Å². The Labute approximate surface area is 116 Å². The summed E-state index contributed by atoms with van der Waals surface area (Å²) in [6.07, 6.45) is 1.73. The summed E-state index contributed by atoms with van der Waals surface area (Å²) in [5, 5.41) is 9.89. The van der Waals surface area contributed by atoms with Gasteiger partial charge in [-0.3, -0.25) is 4.98 Å². The van der Waals surface area contributed by atoms with Crippen LogP contribution in [0.2, 0.25) is 0 Å². The summed E-state index contributed by atoms with van der Waals surface area (Å²) in [7, 11) is 0. The van der Waals surface area contributed by atoms with Gasteiger partial charge in [0.15, 0.2) is 5.75 Å². The van der Waals surface area contributed by atoms with Gasteiger partial charge < -0.3 is 15.6 Å². The van der Waals surface area contributed by atoms with E-state index in [0.29, 0.717) is 17.2 Å². The molecule has 0 aliphatic carbocycles. The van der Waals surface area contributed by atoms with Crippen molar-refractivity contribution in [2.45, 2.75) is 6.61 Å². The molecule has 0 aliphatic heterocycles. The number of hydrogen-bond acceptors (Lipinski definition) is 4. The number of aliphatic hydroxyl groups is 1. The Balaban J connectivity index is 1.95. The minimum Gasteiger partial charge on any atom is -0.455 e. The fraction of sp³-hybridized carbons (Fsp3) is 0.0625. The third kappa shape index (κ3) is 2.29. The van der Waals surface area contributed by atoms with Crippen LogP contribution in [-0.4, -0.2) is 10.1 Å². The minimum absolute atomic E-state index is 0.0179. The van der Waals surface area contributed by atoms with E-state index in [0.717, 1.165) is 16.5 Å². The maximum absolute atomic E-state index is 9.01. The zero-order valence-electron chi connectivity index (χ0n) is 10.8. The fourth-order valence-corrected chi connectivity index (χ4v) is 2.03. The number of aromatic nitrogens is 1. The lowest BCUT2D eigenvalue weighted by atomic mass is 10.1. The second-order valence-electron chi connectivity index (χ2n) is 4.45. The molecule has 3 aromatic rings. The maximum Gasteiger partial charge on any atom is 0.151 e. The van der Waals surface area contributed by atoms with Crippen LogP contribution in [0.5, 0.6) is 11.5 Å². The van der Waals surface area contributed by atoms with Crippen molar-refractivity contribution in [3.63, 3.8) is 0 Å². The summed E-state index contributed by atoms with van der Waals surface area (Å²) < 4.78 is 5.78. The van der Waals surface area contributed by atoms with Gasteiger partial charge in [0.1, 0.15) is 5.75 Å². The molecule has 0 fully saturated rings. The standard InChI is InChI=1S/C16H14N2O2/c17-16-13-2-1-9-18-14(13)7-8-15(16)20-12-5-3-11(10-19)4-6-12/h1-9,19H,10,17H2. The third-order valence-corrected chi connectivity index (χ3v) is 3.12. The molecule has 0 unspecified atom stereocenters. The van der Waals surface area contributed by atoms with Crippen LogP contribution < -0.4 is 10.5 Å². The van der Waals surface area contributed by atoms with Crippen molar-refractivity contribution >= 4 is 16.6 Å². The van der Waals surface area contributed by atoms with Gasteiger partial charge in [0.05, 0.1) is 17.8 Å². The van der Waals surface area contributed by atoms with Crippen molar-refractivity contribution in [3.8, 4) is 11.5 Å². The van der Waals surface area contributed by atoms with E-state index in [-0.39, 0.29) is 6.61 Å². The number of hydrogen-bond donors (Lipinski definition) is 2. The van der Waals surface area contributed by atoms with Gasteiger partial charge in [-0.15, -0.1) is 0 Å². The van der Waals surface area contributed by atoms with Crippen LogP contribution in [0, 0.1) is 0 Å². The molecule has 4 nitrogen and oxygen atoms in total. The lowest BCUT2D eigenvalue weighted by Crippen LogP contribution is -1.94. The molecule has 0 atom stereocenters. The molecule has 100 valence electrons. The fourth-order valence-electron chi connectivity index (χ4n) is 2.03. The van der Waals surface area contributed by atoms with Crippen molar-refractivity contribution in [1.29, 1.82) is 0 Å². The van der Waals surface area contributed by atoms with Gasteiger partial charge in [-0.2, -0.15) is 0 Å². The molecule has 1 heterocycles. The molecule has 0 amide bonds. The van der Waals surface area contributed by atoms with E-state index in [1.165, 1.54) is 0 Å². The highest BCUT2D eigenvalue weighted by Gasteiger charge is 2.07. The first-order valence-electron chi connectivity index (χ1n) is 6.29. The summed E-state index contributed by atoms with van der Waals surface area (Å²) in [4.78, 5) is 4.25. The van der Waals surface area contributed by atoms with Gasteiger partial charge in [-0.1, -0.05) is 12.1 Å². The summed E-state index contributed by atoms with van der Waals surface area (Å²) >= 11 is 0. The quantitative estimate of drug-likeness (QED) is 0.715. The van der Waals surface area contributed by atoms with Crippen molar-refractivity contribution in [2.24, 2.45) is 0 Å². The van der Waals surface area contributed by atoms with Gasteiger partial charge in [-0.25, -0.2) is 0 Å². The highest BCUT2D eigenvalue weighted by atomic mass is 16.5. The van der Waals surface area contributed by atoms with Gasteiger partial charge in [0, 0.05) is 11.6 Å². The van der Waals surface area contributed by atoms with E-state index in [4.69, 9.17) is 15.6 Å². The Morgan fingerprint density at radius 1 is 1.05 bits per heavy atom. The second kappa shape index (κ2) is 5.19. The number of anilines is 1. The van der Waals surface area contributed by atoms with E-state index in [9.17, 15) is 0 Å². The Kier molecular flexibility index (Phi) is 3.23. The molecule has 2 aromatic carbocycles. The number of nitrogen functional groups attached to an aromatic ring is 1. The Hall–Kier alpha value is -2.59. The van der Waals surface area contributed by atoms with E-state index in [1.807, 2.05) is 36.4 Å². The van der Waals surface area contributed by atoms with E-state index in [2.05, 4.69) is 4.98 Å². The number of benzene rings is 2. The predicted octanol–water partition coefficient (Wildman–Crippen LogP) is 3.10. The van der Waals surface area contributed by atoms with Gasteiger partial charge in [0.25, 0.3) is 0 Å². The number of rotatable bonds is 3. The van der Waals surface area contributed by atoms with E-state index >= 15 is 0 Å². The molecule has 0 bridgehead atoms. The van der Waals surface area contributed by atoms with Crippen LogP contribution in [0.15, 0.2) is 54.7 Å². The first-order valence-corrected chi connectivity index (χ1v) is 6.29. The second-order valence-corrected chi connectivity index (χ2v) is 4.45. The number of aliphatic hydroxyl groups excluding tert-OH is 1. The number of ether oxygens (including phenoxy) is 1. The molecular weight excluding hydrogens is 252 g/mol. The summed E-state index contributed by atoms with van der Waals surface area (Å²) in [6.45, 7) is 0.0179. The number of pyridine rings is 1. The summed E-state index contributed by atoms with van der Waals surface area (Å²) in [6, 6.07) is 14.7. The number of nitrogens with two attached hydrogens (primary N) is 1. The average molecular weight is 266 g/mol. The van der Waals surface area contributed by atoms with Crippen LogP contribution in [0.1, 0.15) is 5.56 Å². The van der Waals surface area contributed by atoms with Gasteiger partial charge >= 0.3 is 0 Å². The van der Waals surface area contributed by atoms with Gasteiger partial charge in [0.2, 0.25) is 0 Å². The van der Waals surface area contributed by atoms with Crippen LogP contribution >= 0.6 is 0 Å². The van der Waals surface area contributed by atoms with E-state index < -0.39 is 0 Å². The lowest BCUT2D eigenvalue weighted by Gasteiger charge is -2.10. The highest BCUT2D eigenvalue weighted by molar-refractivity contribution is 5.93. The molecule has 3 rings (SSSR count). The summed E-state index contributed by atoms with van der Waals surface area (Å²) in [5.41, 5.74) is 8.37. The topological polar surface area (TPSA) is 68.4 Å². The van der Waals surface area contributed by atoms with E-state index in [1.54, 1.807) is 18.3 Å². The Morgan fingerprint density at radius 2 is 1.85 bits per heavy atom. The zero-order chi connectivity index (χ0) is 13.9. The Morgan fingerprint density at radius 3 is 2.60 bits per heavy atom. The lowest BCUT2D eigenvalue weighted by molar-refractivity contribution is 0.281. The minimum atomic E-state index is 0.0179. The molecule has 1 aromatic heterocycles. The van der Waals surface area contributed by atoms with Crippen molar-refractivity contribution < 1.29 is 9.84 Å². The average Bonchev–Trinajstić information content (AvgIpc) is 2.51. The maximum atomic E-state index is 9.01. The number of nitrogens with zero attached hydrogens (tertiary/aromatic N) is 1. The molecule has 0 aliphatic rings. The highest BCUT2D eigenvalue weighted by Crippen LogP contribution is 2.32. The largest absolute Gasteiger partial charge is 0.455 e. The molecule has 0 spiro atoms. The smallest absolute Gasteiger partial charge is 0.151 e. The normalized spacial score (nSPS) is 10.7. The molecule has 0 saturated heterocycles. The first-order chi connectivity index (χ1) is 9.78. The van der Waals surface area contributed by atoms with Crippen molar-refractivity contribution in [3.05, 3.63) is 60.3 Å². The van der Waals surface area contributed by atoms with Crippen LogP contribution in [0.4, 0.5) is 5.69 Å². The molecular formula is C16H14N2O2. The molecule has 4 heteroatoms. The molecule has 0 saturated carbocycles. The zero-order valence-corrected chi connectivity index (χ0v) is 10.8. The summed E-state index contributed by atoms with van der Waals surface area (Å²) in [5.74, 6) is 1.28. The predicted molar refractivity (Wildman–Crippen MR) is 78.6 cm³/mol. The van der Waals surface area contributed by atoms with Crippen molar-refractivity contribution in [1.82, 2.24) is 4.98 Å². The van der Waals surface area contributed by atoms with Crippen LogP contribution in [0.3, 0.4) is 0 Å². The molecule has 20 heavy (non-hydrogen) atoms. The van der Waals surface area contributed by atoms with Crippen molar-refractivity contribution in [2.75, 3.05) is 5.73 Å². The monoisotopic (exact) mass is 266 g/mol. The SMILES string of the molecule is Nc1c(Oc2ccc(CO)cc2)ccc2ncccc12. The third-order valence-electron chi connectivity index (χ3n) is 3.12. The number of fused-ring (bicyclic) bond motifs is 1. The van der Waals surface area contributed by atoms with Crippen LogP contribution in [-0.2, 0) is 6.61 Å². The first kappa shape index (κ1) is 12.4. The molecule has 3 N–H and O–H groups in total. The Bertz CT molecular complexity index is 739. The molecule has 0 radical (unpaired) electrons.